The molecule has 0 aliphatic carbocycles. The molecule has 1 aromatic carbocycles. The first-order chi connectivity index (χ1) is 10.7. The van der Waals surface area contributed by atoms with Gasteiger partial charge in [-0.3, -0.25) is 4.79 Å². The lowest BCUT2D eigenvalue weighted by atomic mass is 10.0. The van der Waals surface area contributed by atoms with Gasteiger partial charge >= 0.3 is 0 Å². The number of likely N-dealkylation sites (tertiary alicyclic amines) is 1. The van der Waals surface area contributed by atoms with Gasteiger partial charge in [0.2, 0.25) is 0 Å². The summed E-state index contributed by atoms with van der Waals surface area (Å²) in [7, 11) is 0. The van der Waals surface area contributed by atoms with Gasteiger partial charge in [-0.1, -0.05) is 30.3 Å². The average Bonchev–Trinajstić information content (AvgIpc) is 2.97. The van der Waals surface area contributed by atoms with Crippen molar-refractivity contribution in [3.8, 4) is 0 Å². The highest BCUT2D eigenvalue weighted by Crippen LogP contribution is 2.19. The Bertz CT molecular complexity index is 621. The van der Waals surface area contributed by atoms with Gasteiger partial charge in [0.05, 0.1) is 18.0 Å². The summed E-state index contributed by atoms with van der Waals surface area (Å²) in [6, 6.07) is 12.8. The van der Waals surface area contributed by atoms with Gasteiger partial charge in [0, 0.05) is 34.3 Å². The van der Waals surface area contributed by atoms with Gasteiger partial charge in [0.15, 0.2) is 0 Å². The highest BCUT2D eigenvalue weighted by Gasteiger charge is 2.24. The molecule has 0 spiro atoms. The van der Waals surface area contributed by atoms with Gasteiger partial charge in [0.25, 0.3) is 5.91 Å². The molecule has 1 aromatic heterocycles. The van der Waals surface area contributed by atoms with Crippen LogP contribution in [0.5, 0.6) is 0 Å². The predicted molar refractivity (Wildman–Crippen MR) is 93.3 cm³/mol. The Morgan fingerprint density at radius 2 is 2.00 bits per heavy atom. The third-order valence-electron chi connectivity index (χ3n) is 4.12. The Kier molecular flexibility index (Phi) is 5.28. The summed E-state index contributed by atoms with van der Waals surface area (Å²) < 4.78 is 0.977. The van der Waals surface area contributed by atoms with Crippen LogP contribution in [0.1, 0.15) is 28.1 Å². The van der Waals surface area contributed by atoms with Crippen LogP contribution in [0.4, 0.5) is 0 Å². The summed E-state index contributed by atoms with van der Waals surface area (Å²) in [5.74, 6) is 0.0622. The standard InChI is InChI=1S/C17H19BrN2OS/c18-14-10-16(22-12-14)17(21)19-15-6-8-20(9-7-15)11-13-4-2-1-3-5-13/h1-5,10,12,15H,6-9,11H2,(H,19,21)/p+1. The fraction of sp³-hybridized carbons (Fsp3) is 0.353. The number of carbonyl (C=O) groups excluding carboxylic acids is 1. The van der Waals surface area contributed by atoms with Crippen molar-refractivity contribution in [1.82, 2.24) is 5.32 Å². The van der Waals surface area contributed by atoms with Gasteiger partial charge < -0.3 is 10.2 Å². The number of thiophene rings is 1. The second-order valence-corrected chi connectivity index (χ2v) is 7.62. The van der Waals surface area contributed by atoms with Gasteiger partial charge in [-0.2, -0.15) is 0 Å². The van der Waals surface area contributed by atoms with Crippen LogP contribution < -0.4 is 10.2 Å². The van der Waals surface area contributed by atoms with Crippen molar-refractivity contribution in [2.75, 3.05) is 13.1 Å². The largest absolute Gasteiger partial charge is 0.348 e. The van der Waals surface area contributed by atoms with Crippen molar-refractivity contribution >= 4 is 33.2 Å². The molecule has 1 amide bonds. The number of piperidine rings is 1. The Morgan fingerprint density at radius 1 is 1.27 bits per heavy atom. The molecule has 2 aromatic rings. The highest BCUT2D eigenvalue weighted by molar-refractivity contribution is 9.10. The lowest BCUT2D eigenvalue weighted by Crippen LogP contribution is -3.12. The summed E-state index contributed by atoms with van der Waals surface area (Å²) in [6.07, 6.45) is 2.11. The minimum atomic E-state index is 0.0622. The molecule has 0 atom stereocenters. The summed E-state index contributed by atoms with van der Waals surface area (Å²) >= 11 is 4.88. The molecule has 116 valence electrons. The summed E-state index contributed by atoms with van der Waals surface area (Å²) in [5, 5.41) is 5.12. The molecule has 0 bridgehead atoms. The molecule has 1 saturated heterocycles. The van der Waals surface area contributed by atoms with Crippen molar-refractivity contribution < 1.29 is 9.69 Å². The van der Waals surface area contributed by atoms with E-state index in [-0.39, 0.29) is 5.91 Å². The van der Waals surface area contributed by atoms with E-state index >= 15 is 0 Å². The third kappa shape index (κ3) is 4.18. The quantitative estimate of drug-likeness (QED) is 0.840. The number of quaternary nitrogens is 1. The molecule has 0 unspecified atom stereocenters. The fourth-order valence-corrected chi connectivity index (χ4v) is 4.25. The maximum absolute atomic E-state index is 12.2. The van der Waals surface area contributed by atoms with Crippen LogP contribution in [0.15, 0.2) is 46.3 Å². The second-order valence-electron chi connectivity index (χ2n) is 5.79. The van der Waals surface area contributed by atoms with E-state index < -0.39 is 0 Å². The Hall–Kier alpha value is -1.17. The number of rotatable bonds is 4. The Balaban J connectivity index is 1.46. The summed E-state index contributed by atoms with van der Waals surface area (Å²) in [4.78, 5) is 14.6. The molecule has 0 radical (unpaired) electrons. The van der Waals surface area contributed by atoms with E-state index in [1.807, 2.05) is 11.4 Å². The van der Waals surface area contributed by atoms with Crippen molar-refractivity contribution in [3.05, 3.63) is 56.7 Å². The molecular weight excluding hydrogens is 360 g/mol. The molecule has 1 fully saturated rings. The van der Waals surface area contributed by atoms with Gasteiger partial charge in [-0.15, -0.1) is 11.3 Å². The van der Waals surface area contributed by atoms with Crippen LogP contribution in [-0.4, -0.2) is 25.0 Å². The van der Waals surface area contributed by atoms with E-state index in [1.165, 1.54) is 16.9 Å². The summed E-state index contributed by atoms with van der Waals surface area (Å²) in [6.45, 7) is 3.32. The molecule has 0 saturated carbocycles. The Morgan fingerprint density at radius 3 is 2.64 bits per heavy atom. The van der Waals surface area contributed by atoms with Crippen LogP contribution in [0.3, 0.4) is 0 Å². The molecule has 2 N–H and O–H groups in total. The number of amides is 1. The lowest BCUT2D eigenvalue weighted by molar-refractivity contribution is -0.918. The molecule has 1 aliphatic rings. The first kappa shape index (κ1) is 15.7. The van der Waals surface area contributed by atoms with E-state index in [9.17, 15) is 4.79 Å². The smallest absolute Gasteiger partial charge is 0.261 e. The minimum absolute atomic E-state index is 0.0622. The normalized spacial score (nSPS) is 21.5. The molecule has 5 heteroatoms. The van der Waals surface area contributed by atoms with Crippen molar-refractivity contribution in [2.24, 2.45) is 0 Å². The number of hydrogen-bond donors (Lipinski definition) is 2. The van der Waals surface area contributed by atoms with E-state index in [0.717, 1.165) is 41.8 Å². The maximum Gasteiger partial charge on any atom is 0.261 e. The van der Waals surface area contributed by atoms with E-state index in [2.05, 4.69) is 51.6 Å². The number of nitrogens with one attached hydrogen (secondary N) is 2. The third-order valence-corrected chi connectivity index (χ3v) is 5.81. The number of hydrogen-bond acceptors (Lipinski definition) is 2. The van der Waals surface area contributed by atoms with E-state index in [0.29, 0.717) is 6.04 Å². The first-order valence-electron chi connectivity index (χ1n) is 7.63. The first-order valence-corrected chi connectivity index (χ1v) is 9.30. The molecule has 3 nitrogen and oxygen atoms in total. The SMILES string of the molecule is O=C(NC1CC[NH+](Cc2ccccc2)CC1)c1cc(Br)cs1. The van der Waals surface area contributed by atoms with Crippen molar-refractivity contribution in [3.63, 3.8) is 0 Å². The zero-order valence-corrected chi connectivity index (χ0v) is 14.8. The van der Waals surface area contributed by atoms with Crippen LogP contribution in [-0.2, 0) is 6.54 Å². The van der Waals surface area contributed by atoms with Gasteiger partial charge in [-0.25, -0.2) is 0 Å². The highest BCUT2D eigenvalue weighted by atomic mass is 79.9. The van der Waals surface area contributed by atoms with E-state index in [1.54, 1.807) is 4.90 Å². The Labute approximate surface area is 143 Å². The summed E-state index contributed by atoms with van der Waals surface area (Å²) in [5.41, 5.74) is 1.39. The number of carbonyl (C=O) groups is 1. The zero-order chi connectivity index (χ0) is 15.4. The fourth-order valence-electron chi connectivity index (χ4n) is 2.92. The molecule has 3 rings (SSSR count). The van der Waals surface area contributed by atoms with Crippen molar-refractivity contribution in [1.29, 1.82) is 0 Å². The number of halogens is 1. The monoisotopic (exact) mass is 379 g/mol. The van der Waals surface area contributed by atoms with Gasteiger partial charge in [0.1, 0.15) is 6.54 Å². The van der Waals surface area contributed by atoms with Crippen LogP contribution in [0.25, 0.3) is 0 Å². The molecule has 1 aliphatic heterocycles. The topological polar surface area (TPSA) is 33.5 Å². The predicted octanol–water partition coefficient (Wildman–Crippen LogP) is 2.49. The van der Waals surface area contributed by atoms with Gasteiger partial charge in [-0.05, 0) is 22.0 Å². The van der Waals surface area contributed by atoms with Crippen LogP contribution in [0.2, 0.25) is 0 Å². The average molecular weight is 380 g/mol. The van der Waals surface area contributed by atoms with E-state index in [4.69, 9.17) is 0 Å². The number of benzene rings is 1. The lowest BCUT2D eigenvalue weighted by Gasteiger charge is -2.29. The minimum Gasteiger partial charge on any atom is -0.348 e. The zero-order valence-electron chi connectivity index (χ0n) is 12.3. The van der Waals surface area contributed by atoms with Crippen LogP contribution >= 0.6 is 27.3 Å². The van der Waals surface area contributed by atoms with Crippen LogP contribution in [0, 0.1) is 0 Å². The molecule has 2 heterocycles. The molecular formula is C17H20BrN2OS+. The molecule has 22 heavy (non-hydrogen) atoms. The maximum atomic E-state index is 12.2. The second kappa shape index (κ2) is 7.40. The van der Waals surface area contributed by atoms with Crippen molar-refractivity contribution in [2.45, 2.75) is 25.4 Å².